The highest BCUT2D eigenvalue weighted by Gasteiger charge is 2.44. The number of carbonyl (C=O) groups is 4. The number of hydrogen-bond acceptors (Lipinski definition) is 4. The summed E-state index contributed by atoms with van der Waals surface area (Å²) in [6, 6.07) is 4.17. The quantitative estimate of drug-likeness (QED) is 0.828. The molecule has 1 unspecified atom stereocenters. The monoisotopic (exact) mass is 355 g/mol. The van der Waals surface area contributed by atoms with Crippen molar-refractivity contribution in [3.05, 3.63) is 47.2 Å². The number of amides is 4. The van der Waals surface area contributed by atoms with Gasteiger partial charge in [0.2, 0.25) is 11.8 Å². The Morgan fingerprint density at radius 3 is 2.69 bits per heavy atom. The van der Waals surface area contributed by atoms with Crippen LogP contribution in [0.5, 0.6) is 0 Å². The topological polar surface area (TPSA) is 86.8 Å². The lowest BCUT2D eigenvalue weighted by atomic mass is 10.0. The van der Waals surface area contributed by atoms with Gasteiger partial charge in [0.1, 0.15) is 6.04 Å². The first kappa shape index (κ1) is 17.8. The van der Waals surface area contributed by atoms with Crippen molar-refractivity contribution in [3.63, 3.8) is 0 Å². The van der Waals surface area contributed by atoms with E-state index in [-0.39, 0.29) is 23.6 Å². The number of nitrogens with one attached hydrogen (secondary N) is 1. The molecule has 2 aliphatic rings. The van der Waals surface area contributed by atoms with Crippen molar-refractivity contribution in [2.45, 2.75) is 38.8 Å². The van der Waals surface area contributed by atoms with Crippen molar-refractivity contribution in [1.82, 2.24) is 15.1 Å². The van der Waals surface area contributed by atoms with Gasteiger partial charge in [-0.25, -0.2) is 0 Å². The van der Waals surface area contributed by atoms with E-state index in [4.69, 9.17) is 0 Å². The van der Waals surface area contributed by atoms with Crippen LogP contribution in [-0.4, -0.2) is 46.5 Å². The molecular weight excluding hydrogens is 334 g/mol. The molecule has 3 rings (SSSR count). The maximum atomic E-state index is 13.0. The molecule has 0 aromatic heterocycles. The van der Waals surface area contributed by atoms with Crippen molar-refractivity contribution in [3.8, 4) is 0 Å². The Hall–Kier alpha value is -2.96. The third kappa shape index (κ3) is 2.89. The Kier molecular flexibility index (Phi) is 4.63. The summed E-state index contributed by atoms with van der Waals surface area (Å²) in [5.41, 5.74) is 1.75. The number of benzene rings is 1. The first-order valence-electron chi connectivity index (χ1n) is 8.57. The standard InChI is InChI=1S/C19H21N3O4/c1-4-15(23)21(3)10-12-6-5-7-13-16(12)19(26)22(18(13)25)14-9-8-11(2)20-17(14)24/h5-7,14H,2,4,8-10H2,1,3H3,(H,20,24). The first-order chi connectivity index (χ1) is 12.3. The molecule has 26 heavy (non-hydrogen) atoms. The van der Waals surface area contributed by atoms with E-state index in [2.05, 4.69) is 11.9 Å². The molecule has 1 N–H and O–H groups in total. The lowest BCUT2D eigenvalue weighted by Crippen LogP contribution is -2.51. The molecule has 1 aromatic carbocycles. The highest BCUT2D eigenvalue weighted by molar-refractivity contribution is 6.23. The molecule has 136 valence electrons. The summed E-state index contributed by atoms with van der Waals surface area (Å²) < 4.78 is 0. The molecular formula is C19H21N3O4. The Morgan fingerprint density at radius 2 is 2.04 bits per heavy atom. The Labute approximate surface area is 151 Å². The van der Waals surface area contributed by atoms with Gasteiger partial charge in [-0.15, -0.1) is 0 Å². The Morgan fingerprint density at radius 1 is 1.31 bits per heavy atom. The molecule has 0 bridgehead atoms. The molecule has 0 saturated carbocycles. The molecule has 1 fully saturated rings. The van der Waals surface area contributed by atoms with Gasteiger partial charge in [-0.1, -0.05) is 25.6 Å². The fourth-order valence-corrected chi connectivity index (χ4v) is 3.41. The van der Waals surface area contributed by atoms with E-state index in [1.54, 1.807) is 32.2 Å². The number of allylic oxidation sites excluding steroid dienone is 1. The van der Waals surface area contributed by atoms with E-state index in [0.717, 1.165) is 4.90 Å². The summed E-state index contributed by atoms with van der Waals surface area (Å²) in [6.45, 7) is 5.71. The van der Waals surface area contributed by atoms with Crippen LogP contribution >= 0.6 is 0 Å². The normalized spacial score (nSPS) is 19.5. The molecule has 7 heteroatoms. The largest absolute Gasteiger partial charge is 0.341 e. The molecule has 2 aliphatic heterocycles. The van der Waals surface area contributed by atoms with Gasteiger partial charge < -0.3 is 10.2 Å². The molecule has 7 nitrogen and oxygen atoms in total. The van der Waals surface area contributed by atoms with Crippen LogP contribution in [0.4, 0.5) is 0 Å². The summed E-state index contributed by atoms with van der Waals surface area (Å²) in [7, 11) is 1.66. The highest BCUT2D eigenvalue weighted by atomic mass is 16.2. The SMILES string of the molecule is C=C1CCC(N2C(=O)c3cccc(CN(C)C(=O)CC)c3C2=O)C(=O)N1. The second kappa shape index (κ2) is 6.74. The van der Waals surface area contributed by atoms with Crippen LogP contribution < -0.4 is 5.32 Å². The maximum absolute atomic E-state index is 13.0. The summed E-state index contributed by atoms with van der Waals surface area (Å²) in [6.07, 6.45) is 1.24. The molecule has 1 atom stereocenters. The van der Waals surface area contributed by atoms with Gasteiger partial charge in [-0.05, 0) is 24.5 Å². The third-order valence-electron chi connectivity index (χ3n) is 4.80. The molecule has 1 aromatic rings. The van der Waals surface area contributed by atoms with Gasteiger partial charge in [-0.2, -0.15) is 0 Å². The van der Waals surface area contributed by atoms with E-state index in [1.165, 1.54) is 4.90 Å². The zero-order chi connectivity index (χ0) is 19.0. The first-order valence-corrected chi connectivity index (χ1v) is 8.57. The number of carbonyl (C=O) groups excluding carboxylic acids is 4. The zero-order valence-electron chi connectivity index (χ0n) is 14.9. The average molecular weight is 355 g/mol. The predicted molar refractivity (Wildman–Crippen MR) is 94.0 cm³/mol. The Bertz CT molecular complexity index is 830. The van der Waals surface area contributed by atoms with Crippen LogP contribution in [0.3, 0.4) is 0 Å². The number of fused-ring (bicyclic) bond motifs is 1. The number of imide groups is 1. The summed E-state index contributed by atoms with van der Waals surface area (Å²) in [4.78, 5) is 52.4. The summed E-state index contributed by atoms with van der Waals surface area (Å²) in [5, 5.41) is 2.61. The maximum Gasteiger partial charge on any atom is 0.262 e. The van der Waals surface area contributed by atoms with Crippen molar-refractivity contribution >= 4 is 23.6 Å². The van der Waals surface area contributed by atoms with Crippen molar-refractivity contribution in [2.24, 2.45) is 0 Å². The summed E-state index contributed by atoms with van der Waals surface area (Å²) >= 11 is 0. The highest BCUT2D eigenvalue weighted by Crippen LogP contribution is 2.31. The minimum atomic E-state index is -0.837. The van der Waals surface area contributed by atoms with Crippen LogP contribution in [0.15, 0.2) is 30.5 Å². The van der Waals surface area contributed by atoms with E-state index in [0.29, 0.717) is 30.5 Å². The molecule has 2 heterocycles. The van der Waals surface area contributed by atoms with Gasteiger partial charge in [0.05, 0.1) is 11.1 Å². The molecule has 0 spiro atoms. The van der Waals surface area contributed by atoms with E-state index < -0.39 is 23.8 Å². The van der Waals surface area contributed by atoms with Crippen LogP contribution in [0.2, 0.25) is 0 Å². The number of piperidine rings is 1. The number of hydrogen-bond donors (Lipinski definition) is 1. The lowest BCUT2D eigenvalue weighted by molar-refractivity contribution is -0.130. The lowest BCUT2D eigenvalue weighted by Gasteiger charge is -2.29. The second-order valence-corrected chi connectivity index (χ2v) is 6.57. The molecule has 0 aliphatic carbocycles. The van der Waals surface area contributed by atoms with E-state index >= 15 is 0 Å². The van der Waals surface area contributed by atoms with Crippen LogP contribution in [-0.2, 0) is 16.1 Å². The molecule has 0 radical (unpaired) electrons. The predicted octanol–water partition coefficient (Wildman–Crippen LogP) is 1.44. The summed E-state index contributed by atoms with van der Waals surface area (Å²) in [5.74, 6) is -1.40. The van der Waals surface area contributed by atoms with E-state index in [1.807, 2.05) is 0 Å². The van der Waals surface area contributed by atoms with Gasteiger partial charge in [0.25, 0.3) is 11.8 Å². The number of nitrogens with zero attached hydrogens (tertiary/aromatic N) is 2. The van der Waals surface area contributed by atoms with Crippen LogP contribution in [0, 0.1) is 0 Å². The Balaban J connectivity index is 1.93. The number of rotatable bonds is 4. The molecule has 1 saturated heterocycles. The fourth-order valence-electron chi connectivity index (χ4n) is 3.41. The van der Waals surface area contributed by atoms with Crippen molar-refractivity contribution in [2.75, 3.05) is 7.05 Å². The van der Waals surface area contributed by atoms with Crippen molar-refractivity contribution < 1.29 is 19.2 Å². The third-order valence-corrected chi connectivity index (χ3v) is 4.80. The minimum Gasteiger partial charge on any atom is -0.341 e. The van der Waals surface area contributed by atoms with Crippen LogP contribution in [0.25, 0.3) is 0 Å². The second-order valence-electron chi connectivity index (χ2n) is 6.57. The van der Waals surface area contributed by atoms with Crippen molar-refractivity contribution in [1.29, 1.82) is 0 Å². The molecule has 4 amide bonds. The minimum absolute atomic E-state index is 0.0543. The zero-order valence-corrected chi connectivity index (χ0v) is 14.9. The van der Waals surface area contributed by atoms with Gasteiger partial charge in [0, 0.05) is 25.7 Å². The van der Waals surface area contributed by atoms with Gasteiger partial charge >= 0.3 is 0 Å². The fraction of sp³-hybridized carbons (Fsp3) is 0.368. The smallest absolute Gasteiger partial charge is 0.262 e. The van der Waals surface area contributed by atoms with Gasteiger partial charge in [-0.3, -0.25) is 24.1 Å². The van der Waals surface area contributed by atoms with Gasteiger partial charge in [0.15, 0.2) is 0 Å². The van der Waals surface area contributed by atoms with E-state index in [9.17, 15) is 19.2 Å². The van der Waals surface area contributed by atoms with Crippen LogP contribution in [0.1, 0.15) is 52.5 Å². The average Bonchev–Trinajstić information content (AvgIpc) is 2.86.